The number of aliphatic imine (C=N–C) groups is 1. The molecule has 19 heavy (non-hydrogen) atoms. The second-order valence-corrected chi connectivity index (χ2v) is 6.68. The molecule has 3 nitrogen and oxygen atoms in total. The van der Waals surface area contributed by atoms with E-state index >= 15 is 0 Å². The van der Waals surface area contributed by atoms with Gasteiger partial charge in [0.25, 0.3) is 0 Å². The van der Waals surface area contributed by atoms with Crippen molar-refractivity contribution in [1.82, 2.24) is 0 Å². The minimum Gasteiger partial charge on any atom is -0.423 e. The van der Waals surface area contributed by atoms with Crippen LogP contribution >= 0.6 is 23.5 Å². The molecule has 0 N–H and O–H groups in total. The zero-order valence-electron chi connectivity index (χ0n) is 10.5. The van der Waals surface area contributed by atoms with Crippen molar-refractivity contribution in [3.63, 3.8) is 0 Å². The lowest BCUT2D eigenvalue weighted by atomic mass is 10.1. The van der Waals surface area contributed by atoms with Gasteiger partial charge in [0.05, 0.1) is 6.54 Å². The van der Waals surface area contributed by atoms with Gasteiger partial charge in [-0.25, -0.2) is 4.79 Å². The van der Waals surface area contributed by atoms with Crippen molar-refractivity contribution >= 4 is 38.9 Å². The van der Waals surface area contributed by atoms with Crippen LogP contribution in [0.1, 0.15) is 11.1 Å². The summed E-state index contributed by atoms with van der Waals surface area (Å²) in [7, 11) is 0. The zero-order chi connectivity index (χ0) is 13.2. The predicted octanol–water partition coefficient (Wildman–Crippen LogP) is 3.44. The molecule has 0 atom stereocenters. The lowest BCUT2D eigenvalue weighted by Crippen LogP contribution is -2.00. The van der Waals surface area contributed by atoms with Crippen molar-refractivity contribution in [3.8, 4) is 0 Å². The van der Waals surface area contributed by atoms with Crippen LogP contribution in [0.4, 0.5) is 0 Å². The zero-order valence-corrected chi connectivity index (χ0v) is 12.1. The van der Waals surface area contributed by atoms with Crippen LogP contribution in [0.3, 0.4) is 0 Å². The summed E-state index contributed by atoms with van der Waals surface area (Å²) in [5, 5.41) is 1.02. The first kappa shape index (κ1) is 12.8. The van der Waals surface area contributed by atoms with E-state index in [0.717, 1.165) is 38.9 Å². The monoisotopic (exact) mass is 291 g/mol. The molecule has 98 valence electrons. The summed E-state index contributed by atoms with van der Waals surface area (Å²) >= 11 is 3.48. The van der Waals surface area contributed by atoms with Crippen LogP contribution in [0.5, 0.6) is 0 Å². The minimum absolute atomic E-state index is 0.283. The van der Waals surface area contributed by atoms with Crippen LogP contribution in [0.15, 0.2) is 38.5 Å². The summed E-state index contributed by atoms with van der Waals surface area (Å²) in [5.41, 5.74) is 2.50. The normalized spacial score (nSPS) is 14.9. The molecule has 0 fully saturated rings. The van der Waals surface area contributed by atoms with Crippen LogP contribution in [-0.4, -0.2) is 16.7 Å². The van der Waals surface area contributed by atoms with Gasteiger partial charge in [0.15, 0.2) is 0 Å². The molecule has 1 aliphatic heterocycles. The molecular weight excluding hydrogens is 278 g/mol. The molecule has 1 aromatic carbocycles. The molecule has 0 saturated carbocycles. The highest BCUT2D eigenvalue weighted by atomic mass is 32.2. The Labute approximate surface area is 119 Å². The van der Waals surface area contributed by atoms with Crippen molar-refractivity contribution in [1.29, 1.82) is 0 Å². The van der Waals surface area contributed by atoms with Gasteiger partial charge < -0.3 is 4.42 Å². The number of fused-ring (bicyclic) bond motifs is 1. The van der Waals surface area contributed by atoms with E-state index in [2.05, 4.69) is 4.99 Å². The highest BCUT2D eigenvalue weighted by molar-refractivity contribution is 8.38. The summed E-state index contributed by atoms with van der Waals surface area (Å²) in [6.45, 7) is 2.90. The van der Waals surface area contributed by atoms with Gasteiger partial charge in [-0.2, -0.15) is 0 Å². The van der Waals surface area contributed by atoms with Gasteiger partial charge in [0.2, 0.25) is 0 Å². The average Bonchev–Trinajstić information content (AvgIpc) is 2.88. The Balaban J connectivity index is 1.95. The van der Waals surface area contributed by atoms with Crippen LogP contribution < -0.4 is 5.63 Å². The third-order valence-corrected chi connectivity index (χ3v) is 5.20. The predicted molar refractivity (Wildman–Crippen MR) is 83.3 cm³/mol. The van der Waals surface area contributed by atoms with Gasteiger partial charge >= 0.3 is 5.63 Å². The minimum atomic E-state index is -0.283. The summed E-state index contributed by atoms with van der Waals surface area (Å²) < 4.78 is 6.37. The number of benzene rings is 1. The second kappa shape index (κ2) is 5.43. The van der Waals surface area contributed by atoms with Crippen LogP contribution in [-0.2, 0) is 5.75 Å². The number of hydrogen-bond donors (Lipinski definition) is 0. The van der Waals surface area contributed by atoms with Crippen molar-refractivity contribution in [2.45, 2.75) is 12.7 Å². The number of aryl methyl sites for hydroxylation is 1. The Morgan fingerprint density at radius 3 is 3.11 bits per heavy atom. The number of thioether (sulfide) groups is 2. The Hall–Kier alpha value is -1.20. The number of rotatable bonds is 2. The van der Waals surface area contributed by atoms with Gasteiger partial charge in [-0.15, -0.1) is 0 Å². The topological polar surface area (TPSA) is 42.6 Å². The molecule has 3 rings (SSSR count). The molecule has 5 heteroatoms. The van der Waals surface area contributed by atoms with E-state index in [1.165, 1.54) is 0 Å². The first-order valence-electron chi connectivity index (χ1n) is 6.06. The van der Waals surface area contributed by atoms with Crippen molar-refractivity contribution in [2.24, 2.45) is 4.99 Å². The lowest BCUT2D eigenvalue weighted by molar-refractivity contribution is 0.559. The van der Waals surface area contributed by atoms with Gasteiger partial charge in [-0.05, 0) is 24.1 Å². The molecule has 0 radical (unpaired) electrons. The first-order chi connectivity index (χ1) is 9.22. The van der Waals surface area contributed by atoms with E-state index in [9.17, 15) is 4.79 Å². The van der Waals surface area contributed by atoms with Gasteiger partial charge in [-0.1, -0.05) is 35.7 Å². The van der Waals surface area contributed by atoms with Crippen LogP contribution in [0, 0.1) is 6.92 Å². The maximum atomic E-state index is 11.6. The van der Waals surface area contributed by atoms with E-state index < -0.39 is 0 Å². The average molecular weight is 291 g/mol. The summed E-state index contributed by atoms with van der Waals surface area (Å²) in [4.78, 5) is 16.0. The summed E-state index contributed by atoms with van der Waals surface area (Å²) in [5.74, 6) is 1.83. The van der Waals surface area contributed by atoms with E-state index in [1.54, 1.807) is 29.6 Å². The number of nitrogens with zero attached hydrogens (tertiary/aromatic N) is 1. The molecule has 0 spiro atoms. The molecular formula is C14H13NO2S2. The van der Waals surface area contributed by atoms with E-state index in [0.29, 0.717) is 5.58 Å². The molecule has 1 aliphatic rings. The van der Waals surface area contributed by atoms with Crippen molar-refractivity contribution in [3.05, 3.63) is 45.8 Å². The highest BCUT2D eigenvalue weighted by Gasteiger charge is 2.11. The van der Waals surface area contributed by atoms with Crippen molar-refractivity contribution in [2.75, 3.05) is 12.3 Å². The Morgan fingerprint density at radius 2 is 2.32 bits per heavy atom. The molecule has 2 aromatic rings. The maximum absolute atomic E-state index is 11.6. The molecule has 0 unspecified atom stereocenters. The fraction of sp³-hybridized carbons (Fsp3) is 0.286. The summed E-state index contributed by atoms with van der Waals surface area (Å²) in [6, 6.07) is 7.56. The standard InChI is InChI=1S/C14H13NO2S2/c1-9-2-3-11-10(7-13(16)17-12(11)6-9)8-19-14-15-4-5-18-14/h2-3,6-7H,4-5,8H2,1H3. The molecule has 0 saturated heterocycles. The SMILES string of the molecule is Cc1ccc2c(CSC3=NCCS3)cc(=O)oc2c1. The molecule has 0 amide bonds. The molecule has 2 heterocycles. The van der Waals surface area contributed by atoms with Gasteiger partial charge in [0, 0.05) is 23.0 Å². The number of hydrogen-bond acceptors (Lipinski definition) is 5. The highest BCUT2D eigenvalue weighted by Crippen LogP contribution is 2.28. The largest absolute Gasteiger partial charge is 0.423 e. The molecule has 0 bridgehead atoms. The Kier molecular flexibility index (Phi) is 3.66. The molecule has 0 aliphatic carbocycles. The third-order valence-electron chi connectivity index (χ3n) is 2.89. The third kappa shape index (κ3) is 2.87. The van der Waals surface area contributed by atoms with Crippen LogP contribution in [0.25, 0.3) is 11.0 Å². The fourth-order valence-corrected chi connectivity index (χ4v) is 4.00. The lowest BCUT2D eigenvalue weighted by Gasteiger charge is -2.05. The first-order valence-corrected chi connectivity index (χ1v) is 8.03. The van der Waals surface area contributed by atoms with Crippen molar-refractivity contribution < 1.29 is 4.42 Å². The second-order valence-electron chi connectivity index (χ2n) is 4.38. The molecule has 1 aromatic heterocycles. The van der Waals surface area contributed by atoms with Gasteiger partial charge in [0.1, 0.15) is 9.96 Å². The Morgan fingerprint density at radius 1 is 1.42 bits per heavy atom. The maximum Gasteiger partial charge on any atom is 0.336 e. The van der Waals surface area contributed by atoms with Crippen LogP contribution in [0.2, 0.25) is 0 Å². The van der Waals surface area contributed by atoms with E-state index in [-0.39, 0.29) is 5.63 Å². The van der Waals surface area contributed by atoms with Gasteiger partial charge in [-0.3, -0.25) is 4.99 Å². The van der Waals surface area contributed by atoms with E-state index in [1.807, 2.05) is 25.1 Å². The van der Waals surface area contributed by atoms with E-state index in [4.69, 9.17) is 4.42 Å². The Bertz CT molecular complexity index is 706. The quantitative estimate of drug-likeness (QED) is 0.795. The fourth-order valence-electron chi connectivity index (χ4n) is 2.00. The smallest absolute Gasteiger partial charge is 0.336 e. The summed E-state index contributed by atoms with van der Waals surface area (Å²) in [6.07, 6.45) is 0.